The molecule has 6 nitrogen and oxygen atoms in total. The van der Waals surface area contributed by atoms with Crippen molar-refractivity contribution < 1.29 is 0 Å². The molecule has 0 unspecified atom stereocenters. The predicted octanol–water partition coefficient (Wildman–Crippen LogP) is 1.18. The van der Waals surface area contributed by atoms with Crippen molar-refractivity contribution >= 4 is 17.6 Å². The number of aromatic nitrogens is 4. The van der Waals surface area contributed by atoms with Crippen molar-refractivity contribution in [3.8, 4) is 0 Å². The molecule has 7 heteroatoms. The molecule has 0 atom stereocenters. The van der Waals surface area contributed by atoms with E-state index in [2.05, 4.69) is 15.2 Å². The van der Waals surface area contributed by atoms with E-state index in [9.17, 15) is 4.79 Å². The molecule has 0 spiro atoms. The summed E-state index contributed by atoms with van der Waals surface area (Å²) in [6, 6.07) is 5.86. The molecule has 2 aromatic heterocycles. The third-order valence-corrected chi connectivity index (χ3v) is 3.75. The number of pyridine rings is 1. The number of thioether (sulfide) groups is 1. The van der Waals surface area contributed by atoms with Gasteiger partial charge in [0.2, 0.25) is 0 Å². The first kappa shape index (κ1) is 11.3. The van der Waals surface area contributed by atoms with E-state index >= 15 is 0 Å². The third kappa shape index (κ3) is 2.26. The fourth-order valence-electron chi connectivity index (χ4n) is 1.76. The molecule has 0 aromatic carbocycles. The van der Waals surface area contributed by atoms with Crippen LogP contribution in [0, 0.1) is 0 Å². The first-order valence-corrected chi connectivity index (χ1v) is 6.74. The maximum Gasteiger partial charge on any atom is 0.344 e. The Hall–Kier alpha value is -1.76. The fourth-order valence-corrected chi connectivity index (χ4v) is 2.68. The van der Waals surface area contributed by atoms with Crippen molar-refractivity contribution in [1.29, 1.82) is 0 Å². The van der Waals surface area contributed by atoms with Crippen molar-refractivity contribution in [2.75, 3.05) is 5.73 Å². The molecule has 1 saturated carbocycles. The summed E-state index contributed by atoms with van der Waals surface area (Å²) in [5.41, 5.74) is 6.38. The van der Waals surface area contributed by atoms with E-state index in [1.54, 1.807) is 10.6 Å². The van der Waals surface area contributed by atoms with Gasteiger partial charge in [0, 0.05) is 11.8 Å². The lowest BCUT2D eigenvalue weighted by molar-refractivity contribution is 0.642. The van der Waals surface area contributed by atoms with Crippen LogP contribution in [0.3, 0.4) is 0 Å². The van der Waals surface area contributed by atoms with Gasteiger partial charge in [-0.25, -0.2) is 14.9 Å². The number of nitrogens with one attached hydrogen (secondary N) is 1. The average molecular weight is 263 g/mol. The Labute approximate surface area is 108 Å². The molecular formula is C11H13N5OS. The Bertz CT molecular complexity index is 616. The quantitative estimate of drug-likeness (QED) is 0.808. The lowest BCUT2D eigenvalue weighted by Gasteiger charge is -2.03. The highest BCUT2D eigenvalue weighted by atomic mass is 32.2. The molecule has 94 valence electrons. The van der Waals surface area contributed by atoms with Gasteiger partial charge in [0.15, 0.2) is 5.16 Å². The second-order valence-corrected chi connectivity index (χ2v) is 5.20. The standard InChI is InChI=1S/C11H13N5OS/c12-9-3-1-2-7(13-9)6-18-11-15-14-10(17)16(11)8-4-5-8/h1-3,8H,4-6H2,(H2,12,13)(H,14,17). The predicted molar refractivity (Wildman–Crippen MR) is 69.3 cm³/mol. The number of nitrogens with two attached hydrogens (primary N) is 1. The number of aromatic amines is 1. The molecule has 1 aliphatic carbocycles. The molecule has 1 fully saturated rings. The fraction of sp³-hybridized carbons (Fsp3) is 0.364. The van der Waals surface area contributed by atoms with E-state index in [4.69, 9.17) is 5.73 Å². The van der Waals surface area contributed by atoms with E-state index in [0.717, 1.165) is 23.7 Å². The monoisotopic (exact) mass is 263 g/mol. The molecule has 2 heterocycles. The van der Waals surface area contributed by atoms with Crippen LogP contribution in [0.2, 0.25) is 0 Å². The smallest absolute Gasteiger partial charge is 0.344 e. The van der Waals surface area contributed by atoms with Crippen molar-refractivity contribution in [2.45, 2.75) is 29.8 Å². The lowest BCUT2D eigenvalue weighted by Crippen LogP contribution is -2.16. The number of anilines is 1. The number of rotatable bonds is 4. The molecule has 1 aliphatic rings. The van der Waals surface area contributed by atoms with Gasteiger partial charge in [0.05, 0.1) is 5.69 Å². The summed E-state index contributed by atoms with van der Waals surface area (Å²) in [4.78, 5) is 15.8. The van der Waals surface area contributed by atoms with E-state index < -0.39 is 0 Å². The second-order valence-electron chi connectivity index (χ2n) is 4.25. The molecule has 0 bridgehead atoms. The second kappa shape index (κ2) is 4.49. The highest BCUT2D eigenvalue weighted by Crippen LogP contribution is 2.36. The molecule has 18 heavy (non-hydrogen) atoms. The van der Waals surface area contributed by atoms with E-state index in [-0.39, 0.29) is 5.69 Å². The summed E-state index contributed by atoms with van der Waals surface area (Å²) in [5.74, 6) is 1.16. The Morgan fingerprint density at radius 1 is 1.50 bits per heavy atom. The normalized spacial score (nSPS) is 14.9. The van der Waals surface area contributed by atoms with Crippen LogP contribution >= 0.6 is 11.8 Å². The first-order chi connectivity index (χ1) is 8.74. The average Bonchev–Trinajstić information content (AvgIpc) is 3.11. The molecule has 3 rings (SSSR count). The van der Waals surface area contributed by atoms with Crippen LogP contribution in [0.5, 0.6) is 0 Å². The molecular weight excluding hydrogens is 250 g/mol. The molecule has 3 N–H and O–H groups in total. The third-order valence-electron chi connectivity index (χ3n) is 2.76. The lowest BCUT2D eigenvalue weighted by atomic mass is 10.4. The topological polar surface area (TPSA) is 89.6 Å². The van der Waals surface area contributed by atoms with Crippen molar-refractivity contribution in [3.63, 3.8) is 0 Å². The van der Waals surface area contributed by atoms with Crippen LogP contribution in [0.25, 0.3) is 0 Å². The number of H-pyrrole nitrogens is 1. The zero-order valence-electron chi connectivity index (χ0n) is 9.67. The molecule has 0 saturated heterocycles. The largest absolute Gasteiger partial charge is 0.384 e. The Morgan fingerprint density at radius 2 is 2.33 bits per heavy atom. The van der Waals surface area contributed by atoms with Gasteiger partial charge in [0.25, 0.3) is 0 Å². The van der Waals surface area contributed by atoms with Gasteiger partial charge >= 0.3 is 5.69 Å². The summed E-state index contributed by atoms with van der Waals surface area (Å²) in [5, 5.41) is 7.27. The first-order valence-electron chi connectivity index (χ1n) is 5.75. The zero-order valence-corrected chi connectivity index (χ0v) is 10.5. The van der Waals surface area contributed by atoms with Crippen molar-refractivity contribution in [1.82, 2.24) is 19.7 Å². The minimum absolute atomic E-state index is 0.125. The van der Waals surface area contributed by atoms with E-state index in [1.807, 2.05) is 12.1 Å². The van der Waals surface area contributed by atoms with Crippen LogP contribution in [0.1, 0.15) is 24.6 Å². The van der Waals surface area contributed by atoms with E-state index in [1.165, 1.54) is 11.8 Å². The Balaban J connectivity index is 1.75. The van der Waals surface area contributed by atoms with Gasteiger partial charge in [-0.2, -0.15) is 0 Å². The minimum atomic E-state index is -0.125. The van der Waals surface area contributed by atoms with E-state index in [0.29, 0.717) is 17.6 Å². The van der Waals surface area contributed by atoms with Crippen LogP contribution in [-0.4, -0.2) is 19.7 Å². The minimum Gasteiger partial charge on any atom is -0.384 e. The van der Waals surface area contributed by atoms with Crippen LogP contribution < -0.4 is 11.4 Å². The van der Waals surface area contributed by atoms with Gasteiger partial charge in [-0.05, 0) is 25.0 Å². The van der Waals surface area contributed by atoms with Gasteiger partial charge in [-0.1, -0.05) is 17.8 Å². The van der Waals surface area contributed by atoms with Gasteiger partial charge in [-0.3, -0.25) is 4.57 Å². The Morgan fingerprint density at radius 3 is 3.06 bits per heavy atom. The zero-order chi connectivity index (χ0) is 12.5. The number of nitrogens with zero attached hydrogens (tertiary/aromatic N) is 3. The molecule has 2 aromatic rings. The maximum atomic E-state index is 11.6. The van der Waals surface area contributed by atoms with Crippen LogP contribution in [0.4, 0.5) is 5.82 Å². The van der Waals surface area contributed by atoms with Crippen molar-refractivity contribution in [3.05, 3.63) is 34.4 Å². The number of nitrogen functional groups attached to an aromatic ring is 1. The van der Waals surface area contributed by atoms with Gasteiger partial charge < -0.3 is 5.73 Å². The molecule has 0 amide bonds. The molecule has 0 aliphatic heterocycles. The summed E-state index contributed by atoms with van der Waals surface area (Å²) < 4.78 is 1.73. The maximum absolute atomic E-state index is 11.6. The highest BCUT2D eigenvalue weighted by Gasteiger charge is 2.28. The van der Waals surface area contributed by atoms with Crippen molar-refractivity contribution in [2.24, 2.45) is 0 Å². The molecule has 0 radical (unpaired) electrons. The number of hydrogen-bond donors (Lipinski definition) is 2. The summed E-state index contributed by atoms with van der Waals surface area (Å²) in [6.07, 6.45) is 2.12. The van der Waals surface area contributed by atoms with Crippen LogP contribution in [0.15, 0.2) is 28.2 Å². The SMILES string of the molecule is Nc1cccc(CSc2n[nH]c(=O)n2C2CC2)n1. The van der Waals surface area contributed by atoms with Gasteiger partial charge in [0.1, 0.15) is 5.82 Å². The summed E-state index contributed by atoms with van der Waals surface area (Å²) in [7, 11) is 0. The summed E-state index contributed by atoms with van der Waals surface area (Å²) in [6.45, 7) is 0. The number of hydrogen-bond acceptors (Lipinski definition) is 5. The summed E-state index contributed by atoms with van der Waals surface area (Å²) >= 11 is 1.50. The Kier molecular flexibility index (Phi) is 2.83. The van der Waals surface area contributed by atoms with Crippen LogP contribution in [-0.2, 0) is 5.75 Å². The highest BCUT2D eigenvalue weighted by molar-refractivity contribution is 7.98. The van der Waals surface area contributed by atoms with Gasteiger partial charge in [-0.15, -0.1) is 5.10 Å².